The fraction of sp³-hybridized carbons (Fsp3) is 0.250. The zero-order valence-electron chi connectivity index (χ0n) is 6.77. The molecule has 1 heterocycles. The highest BCUT2D eigenvalue weighted by molar-refractivity contribution is 5.53. The molecule has 2 rings (SSSR count). The van der Waals surface area contributed by atoms with Gasteiger partial charge in [0.2, 0.25) is 0 Å². The molecule has 0 radical (unpaired) electrons. The van der Waals surface area contributed by atoms with Gasteiger partial charge in [0.25, 0.3) is 5.69 Å². The van der Waals surface area contributed by atoms with Crippen LogP contribution >= 0.6 is 0 Å². The van der Waals surface area contributed by atoms with Crippen molar-refractivity contribution >= 4 is 5.69 Å². The lowest BCUT2D eigenvalue weighted by Gasteiger charge is -2.00. The molecule has 0 aliphatic carbocycles. The predicted molar refractivity (Wildman–Crippen MR) is 45.5 cm³/mol. The van der Waals surface area contributed by atoms with Gasteiger partial charge in [-0.25, -0.2) is 0 Å². The van der Waals surface area contributed by atoms with Crippen LogP contribution in [0.3, 0.4) is 0 Å². The molecule has 1 aliphatic heterocycles. The highest BCUT2D eigenvalue weighted by Crippen LogP contribution is 2.37. The summed E-state index contributed by atoms with van der Waals surface area (Å²) in [5.41, 5.74) is 6.21. The minimum absolute atomic E-state index is 0.0440. The average molecular weight is 180 g/mol. The molecule has 5 heteroatoms. The smallest absolute Gasteiger partial charge is 0.278 e. The molecule has 0 saturated carbocycles. The van der Waals surface area contributed by atoms with Gasteiger partial charge in [0, 0.05) is 6.07 Å². The maximum absolute atomic E-state index is 10.6. The van der Waals surface area contributed by atoms with Gasteiger partial charge in [0.15, 0.2) is 0 Å². The molecule has 0 bridgehead atoms. The molecule has 68 valence electrons. The lowest BCUT2D eigenvalue weighted by atomic mass is 10.1. The largest absolute Gasteiger partial charge is 0.491 e. The molecule has 0 spiro atoms. The molecule has 0 amide bonds. The van der Waals surface area contributed by atoms with E-state index in [4.69, 9.17) is 10.5 Å². The van der Waals surface area contributed by atoms with Crippen LogP contribution in [0.1, 0.15) is 11.6 Å². The summed E-state index contributed by atoms with van der Waals surface area (Å²) in [5.74, 6) is 0.529. The molecule has 0 saturated heterocycles. The van der Waals surface area contributed by atoms with E-state index in [0.717, 1.165) is 0 Å². The molecule has 1 aliphatic rings. The number of nitrogens with two attached hydrogens (primary N) is 1. The van der Waals surface area contributed by atoms with Crippen LogP contribution in [0.4, 0.5) is 5.69 Å². The van der Waals surface area contributed by atoms with Crippen LogP contribution in [-0.4, -0.2) is 11.5 Å². The van der Waals surface area contributed by atoms with Crippen molar-refractivity contribution in [3.05, 3.63) is 33.9 Å². The van der Waals surface area contributed by atoms with Crippen molar-refractivity contribution in [3.63, 3.8) is 0 Å². The lowest BCUT2D eigenvalue weighted by molar-refractivity contribution is -0.385. The molecule has 2 N–H and O–H groups in total. The molecule has 1 aromatic rings. The fourth-order valence-electron chi connectivity index (χ4n) is 1.45. The Bertz CT molecular complexity index is 364. The molecule has 0 aromatic heterocycles. The van der Waals surface area contributed by atoms with Crippen molar-refractivity contribution in [1.82, 2.24) is 0 Å². The fourth-order valence-corrected chi connectivity index (χ4v) is 1.45. The Balaban J connectivity index is 2.60. The summed E-state index contributed by atoms with van der Waals surface area (Å²) in [5, 5.41) is 10.6. The molecule has 13 heavy (non-hydrogen) atoms. The number of nitro groups is 1. The van der Waals surface area contributed by atoms with Gasteiger partial charge in [0.05, 0.1) is 16.5 Å². The summed E-state index contributed by atoms with van der Waals surface area (Å²) >= 11 is 0. The Hall–Kier alpha value is -1.62. The van der Waals surface area contributed by atoms with Gasteiger partial charge in [-0.15, -0.1) is 0 Å². The van der Waals surface area contributed by atoms with Crippen molar-refractivity contribution in [1.29, 1.82) is 0 Å². The highest BCUT2D eigenvalue weighted by atomic mass is 16.6. The summed E-state index contributed by atoms with van der Waals surface area (Å²) in [6, 6.07) is 4.34. The first-order valence-corrected chi connectivity index (χ1v) is 3.86. The third-order valence-electron chi connectivity index (χ3n) is 2.03. The van der Waals surface area contributed by atoms with Gasteiger partial charge in [-0.3, -0.25) is 10.1 Å². The second kappa shape index (κ2) is 2.70. The molecule has 1 aromatic carbocycles. The Morgan fingerprint density at radius 2 is 2.38 bits per heavy atom. The van der Waals surface area contributed by atoms with Crippen LogP contribution < -0.4 is 10.5 Å². The lowest BCUT2D eigenvalue weighted by Crippen LogP contribution is -2.12. The molecule has 0 unspecified atom stereocenters. The summed E-state index contributed by atoms with van der Waals surface area (Å²) in [7, 11) is 0. The summed E-state index contributed by atoms with van der Waals surface area (Å²) in [6.45, 7) is 0.320. The zero-order chi connectivity index (χ0) is 9.42. The van der Waals surface area contributed by atoms with Crippen molar-refractivity contribution in [2.24, 2.45) is 5.73 Å². The van der Waals surface area contributed by atoms with Crippen LogP contribution in [0.15, 0.2) is 18.2 Å². The number of benzene rings is 1. The summed E-state index contributed by atoms with van der Waals surface area (Å²) in [6.07, 6.45) is 0. The standard InChI is InChI=1S/C8H8N2O3/c9-5-4-13-7-3-1-2-6(8(5)7)10(11)12/h1-3,5H,4,9H2/t5-/m1/s1. The van der Waals surface area contributed by atoms with Crippen LogP contribution in [0.25, 0.3) is 0 Å². The SMILES string of the molecule is N[C@@H]1COc2cccc([N+](=O)[O-])c21. The van der Waals surface area contributed by atoms with E-state index in [2.05, 4.69) is 0 Å². The topological polar surface area (TPSA) is 78.4 Å². The van der Waals surface area contributed by atoms with Crippen LogP contribution in [0.5, 0.6) is 5.75 Å². The van der Waals surface area contributed by atoms with E-state index in [9.17, 15) is 10.1 Å². The first kappa shape index (κ1) is 8.00. The Labute approximate surface area is 74.3 Å². The van der Waals surface area contributed by atoms with E-state index >= 15 is 0 Å². The number of fused-ring (bicyclic) bond motifs is 1. The Morgan fingerprint density at radius 1 is 1.62 bits per heavy atom. The molecular formula is C8H8N2O3. The van der Waals surface area contributed by atoms with Crippen molar-refractivity contribution in [2.75, 3.05) is 6.61 Å². The first-order chi connectivity index (χ1) is 6.20. The third kappa shape index (κ3) is 1.13. The summed E-state index contributed by atoms with van der Waals surface area (Å²) in [4.78, 5) is 10.2. The average Bonchev–Trinajstić information content (AvgIpc) is 2.48. The number of hydrogen-bond acceptors (Lipinski definition) is 4. The van der Waals surface area contributed by atoms with E-state index in [1.54, 1.807) is 12.1 Å². The minimum atomic E-state index is -0.437. The van der Waals surface area contributed by atoms with Gasteiger partial charge >= 0.3 is 0 Å². The Morgan fingerprint density at radius 3 is 3.08 bits per heavy atom. The number of rotatable bonds is 1. The first-order valence-electron chi connectivity index (χ1n) is 3.86. The van der Waals surface area contributed by atoms with E-state index < -0.39 is 4.92 Å². The quantitative estimate of drug-likeness (QED) is 0.516. The predicted octanol–water partition coefficient (Wildman–Crippen LogP) is 0.987. The molecule has 0 fully saturated rings. The molecular weight excluding hydrogens is 172 g/mol. The van der Waals surface area contributed by atoms with Gasteiger partial charge in [-0.1, -0.05) is 6.07 Å². The van der Waals surface area contributed by atoms with Crippen LogP contribution in [-0.2, 0) is 0 Å². The monoisotopic (exact) mass is 180 g/mol. The van der Waals surface area contributed by atoms with Gasteiger partial charge in [0.1, 0.15) is 12.4 Å². The van der Waals surface area contributed by atoms with E-state index in [-0.39, 0.29) is 11.7 Å². The number of hydrogen-bond donors (Lipinski definition) is 1. The maximum atomic E-state index is 10.6. The van der Waals surface area contributed by atoms with Gasteiger partial charge in [-0.2, -0.15) is 0 Å². The van der Waals surface area contributed by atoms with Gasteiger partial charge in [-0.05, 0) is 6.07 Å². The van der Waals surface area contributed by atoms with Crippen LogP contribution in [0.2, 0.25) is 0 Å². The zero-order valence-corrected chi connectivity index (χ0v) is 6.77. The van der Waals surface area contributed by atoms with E-state index in [1.807, 2.05) is 0 Å². The molecule has 1 atom stereocenters. The number of ether oxygens (including phenoxy) is 1. The van der Waals surface area contributed by atoms with Crippen molar-refractivity contribution in [2.45, 2.75) is 6.04 Å². The van der Waals surface area contributed by atoms with Gasteiger partial charge < -0.3 is 10.5 Å². The normalized spacial score (nSPS) is 19.3. The number of nitrogens with zero attached hydrogens (tertiary/aromatic N) is 1. The second-order valence-electron chi connectivity index (χ2n) is 2.86. The Kier molecular flexibility index (Phi) is 1.66. The molecule has 5 nitrogen and oxygen atoms in total. The van der Waals surface area contributed by atoms with E-state index in [1.165, 1.54) is 6.07 Å². The van der Waals surface area contributed by atoms with Crippen LogP contribution in [0, 0.1) is 10.1 Å². The van der Waals surface area contributed by atoms with Crippen molar-refractivity contribution in [3.8, 4) is 5.75 Å². The number of nitro benzene ring substituents is 1. The minimum Gasteiger partial charge on any atom is -0.491 e. The van der Waals surface area contributed by atoms with E-state index in [0.29, 0.717) is 17.9 Å². The highest BCUT2D eigenvalue weighted by Gasteiger charge is 2.29. The third-order valence-corrected chi connectivity index (χ3v) is 2.03. The van der Waals surface area contributed by atoms with Crippen molar-refractivity contribution < 1.29 is 9.66 Å². The summed E-state index contributed by atoms with van der Waals surface area (Å²) < 4.78 is 5.17. The second-order valence-corrected chi connectivity index (χ2v) is 2.86. The maximum Gasteiger partial charge on any atom is 0.278 e.